The first kappa shape index (κ1) is 29.4. The van der Waals surface area contributed by atoms with E-state index in [1.165, 1.54) is 11.3 Å². The number of thiazole rings is 1. The van der Waals surface area contributed by atoms with Crippen molar-refractivity contribution in [2.75, 3.05) is 13.4 Å². The number of ether oxygens (including phenoxy) is 3. The summed E-state index contributed by atoms with van der Waals surface area (Å²) >= 11 is 2.91. The van der Waals surface area contributed by atoms with Crippen molar-refractivity contribution in [3.8, 4) is 11.5 Å². The van der Waals surface area contributed by atoms with Crippen LogP contribution in [0.15, 0.2) is 98.7 Å². The monoisotopic (exact) mass is 600 g/mol. The molecule has 216 valence electrons. The van der Waals surface area contributed by atoms with Crippen LogP contribution in [0.25, 0.3) is 6.08 Å². The van der Waals surface area contributed by atoms with Crippen LogP contribution in [-0.2, 0) is 16.1 Å². The number of allylic oxidation sites excluding steroid dienone is 1. The number of thioether (sulfide) groups is 1. The highest BCUT2D eigenvalue weighted by Crippen LogP contribution is 2.32. The molecule has 1 aliphatic heterocycles. The zero-order chi connectivity index (χ0) is 29.8. The van der Waals surface area contributed by atoms with Crippen LogP contribution in [0.1, 0.15) is 43.5 Å². The molecule has 1 unspecified atom stereocenters. The van der Waals surface area contributed by atoms with Crippen LogP contribution in [0.4, 0.5) is 0 Å². The number of carbonyl (C=O) groups is 1. The molecule has 0 saturated heterocycles. The minimum absolute atomic E-state index is 0.233. The molecule has 0 fully saturated rings. The molecule has 3 aromatic carbocycles. The van der Waals surface area contributed by atoms with Crippen LogP contribution in [0.3, 0.4) is 0 Å². The molecule has 42 heavy (non-hydrogen) atoms. The normalized spacial score (nSPS) is 14.9. The van der Waals surface area contributed by atoms with Crippen molar-refractivity contribution >= 4 is 35.1 Å². The molecule has 0 radical (unpaired) electrons. The number of hydrogen-bond donors (Lipinski definition) is 0. The predicted octanol–water partition coefficient (Wildman–Crippen LogP) is 5.50. The molecule has 0 spiro atoms. The van der Waals surface area contributed by atoms with Crippen LogP contribution in [0.5, 0.6) is 11.5 Å². The standard InChI is InChI=1S/C33H32N2O5S2/c1-20(2)40-32(37)29-21(3)34-33-35(30(29)24-12-14-25(41-5)15-13-24)31(36)28(42-33)18-23-11-16-26(27(17-23)38-4)39-19-22-9-7-6-8-10-22/h6-18,20,30H,19H2,1-5H3. The Morgan fingerprint density at radius 3 is 2.48 bits per heavy atom. The van der Waals surface area contributed by atoms with Gasteiger partial charge in [-0.25, -0.2) is 9.79 Å². The van der Waals surface area contributed by atoms with Gasteiger partial charge in [0.15, 0.2) is 16.3 Å². The van der Waals surface area contributed by atoms with Crippen LogP contribution in [-0.4, -0.2) is 30.0 Å². The van der Waals surface area contributed by atoms with Gasteiger partial charge in [0.1, 0.15) is 6.61 Å². The lowest BCUT2D eigenvalue weighted by molar-refractivity contribution is -0.143. The molecule has 7 nitrogen and oxygen atoms in total. The quantitative estimate of drug-likeness (QED) is 0.187. The number of aromatic nitrogens is 1. The summed E-state index contributed by atoms with van der Waals surface area (Å²) in [5, 5.41) is 0. The number of esters is 1. The maximum Gasteiger partial charge on any atom is 0.338 e. The zero-order valence-electron chi connectivity index (χ0n) is 24.1. The highest BCUT2D eigenvalue weighted by molar-refractivity contribution is 7.98. The molecule has 0 N–H and O–H groups in total. The Labute approximate surface area is 252 Å². The average Bonchev–Trinajstić information content (AvgIpc) is 3.29. The molecule has 1 atom stereocenters. The molecule has 0 aliphatic carbocycles. The van der Waals surface area contributed by atoms with E-state index in [0.29, 0.717) is 38.7 Å². The first-order valence-corrected chi connectivity index (χ1v) is 15.6. The van der Waals surface area contributed by atoms with E-state index in [-0.39, 0.29) is 11.7 Å². The number of carbonyl (C=O) groups excluding carboxylic acids is 1. The number of rotatable bonds is 9. The van der Waals surface area contributed by atoms with Gasteiger partial charge in [0.05, 0.1) is 35.1 Å². The number of nitrogens with zero attached hydrogens (tertiary/aromatic N) is 2. The molecule has 0 bridgehead atoms. The molecule has 0 amide bonds. The van der Waals surface area contributed by atoms with Crippen molar-refractivity contribution in [1.29, 1.82) is 0 Å². The summed E-state index contributed by atoms with van der Waals surface area (Å²) < 4.78 is 19.3. The Morgan fingerprint density at radius 2 is 1.81 bits per heavy atom. The van der Waals surface area contributed by atoms with E-state index in [2.05, 4.69) is 4.99 Å². The zero-order valence-corrected chi connectivity index (χ0v) is 25.8. The van der Waals surface area contributed by atoms with Gasteiger partial charge < -0.3 is 14.2 Å². The smallest absolute Gasteiger partial charge is 0.338 e. The van der Waals surface area contributed by atoms with E-state index in [4.69, 9.17) is 14.2 Å². The van der Waals surface area contributed by atoms with E-state index >= 15 is 0 Å². The van der Waals surface area contributed by atoms with E-state index in [1.807, 2.05) is 85.1 Å². The van der Waals surface area contributed by atoms with Crippen molar-refractivity contribution in [3.05, 3.63) is 120 Å². The first-order valence-electron chi connectivity index (χ1n) is 13.5. The number of fused-ring (bicyclic) bond motifs is 1. The van der Waals surface area contributed by atoms with Gasteiger partial charge in [-0.3, -0.25) is 9.36 Å². The predicted molar refractivity (Wildman–Crippen MR) is 167 cm³/mol. The van der Waals surface area contributed by atoms with E-state index in [0.717, 1.165) is 21.6 Å². The minimum atomic E-state index is -0.658. The van der Waals surface area contributed by atoms with Crippen LogP contribution < -0.4 is 24.4 Å². The van der Waals surface area contributed by atoms with Crippen molar-refractivity contribution in [1.82, 2.24) is 4.57 Å². The van der Waals surface area contributed by atoms with Crippen molar-refractivity contribution < 1.29 is 19.0 Å². The number of benzene rings is 3. The van der Waals surface area contributed by atoms with Gasteiger partial charge in [-0.05, 0) is 74.1 Å². The first-order chi connectivity index (χ1) is 20.3. The summed E-state index contributed by atoms with van der Waals surface area (Å²) in [5.74, 6) is 0.696. The Bertz CT molecular complexity index is 1810. The van der Waals surface area contributed by atoms with Gasteiger partial charge in [-0.1, -0.05) is 59.9 Å². The largest absolute Gasteiger partial charge is 0.493 e. The maximum atomic E-state index is 13.9. The molecule has 1 aromatic heterocycles. The van der Waals surface area contributed by atoms with Crippen molar-refractivity contribution in [2.45, 2.75) is 44.4 Å². The van der Waals surface area contributed by atoms with Crippen LogP contribution in [0, 0.1) is 0 Å². The SMILES string of the molecule is COc1cc(C=c2sc3n(c2=O)C(c2ccc(SC)cc2)C(C(=O)OC(C)C)=C(C)N=3)ccc1OCc1ccccc1. The highest BCUT2D eigenvalue weighted by atomic mass is 32.2. The van der Waals surface area contributed by atoms with E-state index < -0.39 is 12.0 Å². The summed E-state index contributed by atoms with van der Waals surface area (Å²) in [7, 11) is 1.59. The van der Waals surface area contributed by atoms with Gasteiger partial charge in [0.25, 0.3) is 5.56 Å². The fraction of sp³-hybridized carbons (Fsp3) is 0.242. The Morgan fingerprint density at radius 1 is 1.07 bits per heavy atom. The second-order valence-electron chi connectivity index (χ2n) is 9.99. The van der Waals surface area contributed by atoms with Crippen molar-refractivity contribution in [3.63, 3.8) is 0 Å². The summed E-state index contributed by atoms with van der Waals surface area (Å²) in [4.78, 5) is 33.5. The Kier molecular flexibility index (Phi) is 8.99. The topological polar surface area (TPSA) is 79.1 Å². The summed E-state index contributed by atoms with van der Waals surface area (Å²) in [5.41, 5.74) is 3.31. The second-order valence-corrected chi connectivity index (χ2v) is 11.9. The molecule has 5 rings (SSSR count). The third-order valence-electron chi connectivity index (χ3n) is 6.74. The molecule has 4 aromatic rings. The van der Waals surface area contributed by atoms with E-state index in [1.54, 1.807) is 44.2 Å². The van der Waals surface area contributed by atoms with Crippen LogP contribution >= 0.6 is 23.1 Å². The summed E-state index contributed by atoms with van der Waals surface area (Å²) in [6.45, 7) is 5.80. The molecule has 9 heteroatoms. The van der Waals surface area contributed by atoms with Gasteiger partial charge in [-0.15, -0.1) is 11.8 Å². The van der Waals surface area contributed by atoms with Gasteiger partial charge in [0.2, 0.25) is 0 Å². The minimum Gasteiger partial charge on any atom is -0.493 e. The van der Waals surface area contributed by atoms with Gasteiger partial charge in [0, 0.05) is 4.90 Å². The third kappa shape index (κ3) is 6.22. The maximum absolute atomic E-state index is 13.9. The second kappa shape index (κ2) is 12.8. The fourth-order valence-electron chi connectivity index (χ4n) is 4.74. The van der Waals surface area contributed by atoms with E-state index in [9.17, 15) is 9.59 Å². The number of methoxy groups -OCH3 is 1. The molecule has 2 heterocycles. The highest BCUT2D eigenvalue weighted by Gasteiger charge is 2.33. The lowest BCUT2D eigenvalue weighted by Crippen LogP contribution is -2.40. The van der Waals surface area contributed by atoms with Crippen molar-refractivity contribution in [2.24, 2.45) is 4.99 Å². The Hall–Kier alpha value is -4.08. The number of hydrogen-bond acceptors (Lipinski definition) is 8. The lowest BCUT2D eigenvalue weighted by atomic mass is 9.96. The molecular formula is C33H32N2O5S2. The fourth-order valence-corrected chi connectivity index (χ4v) is 6.20. The molecule has 1 aliphatic rings. The lowest BCUT2D eigenvalue weighted by Gasteiger charge is -2.25. The van der Waals surface area contributed by atoms with Gasteiger partial charge >= 0.3 is 5.97 Å². The molecule has 0 saturated carbocycles. The third-order valence-corrected chi connectivity index (χ3v) is 8.46. The average molecular weight is 601 g/mol. The Balaban J connectivity index is 1.55. The summed E-state index contributed by atoms with van der Waals surface area (Å²) in [6.07, 6.45) is 3.51. The van der Waals surface area contributed by atoms with Crippen LogP contribution in [0.2, 0.25) is 0 Å². The molecular weight excluding hydrogens is 569 g/mol. The van der Waals surface area contributed by atoms with Gasteiger partial charge in [-0.2, -0.15) is 0 Å². The summed E-state index contributed by atoms with van der Waals surface area (Å²) in [6, 6.07) is 22.7.